The Bertz CT molecular complexity index is 414. The number of piperidine rings is 1. The van der Waals surface area contributed by atoms with Gasteiger partial charge in [-0.25, -0.2) is 9.97 Å². The van der Waals surface area contributed by atoms with E-state index in [4.69, 9.17) is 4.74 Å². The maximum atomic E-state index is 11.5. The zero-order chi connectivity index (χ0) is 13.0. The van der Waals surface area contributed by atoms with Gasteiger partial charge in [-0.15, -0.1) is 0 Å². The molecule has 0 radical (unpaired) electrons. The Morgan fingerprint density at radius 1 is 1.44 bits per heavy atom. The Hall–Kier alpha value is -1.65. The monoisotopic (exact) mass is 249 g/mol. The van der Waals surface area contributed by atoms with Crippen molar-refractivity contribution in [3.63, 3.8) is 0 Å². The second-order valence-corrected chi connectivity index (χ2v) is 4.55. The van der Waals surface area contributed by atoms with Crippen molar-refractivity contribution in [3.05, 3.63) is 18.1 Å². The first-order valence-corrected chi connectivity index (χ1v) is 6.42. The Balaban J connectivity index is 1.85. The molecule has 0 aliphatic carbocycles. The van der Waals surface area contributed by atoms with E-state index in [1.165, 1.54) is 6.33 Å². The van der Waals surface area contributed by atoms with Crippen LogP contribution in [0.15, 0.2) is 12.4 Å². The van der Waals surface area contributed by atoms with Gasteiger partial charge in [-0.05, 0) is 6.92 Å². The third-order valence-corrected chi connectivity index (χ3v) is 3.16. The molecule has 0 aromatic carbocycles. The quantitative estimate of drug-likeness (QED) is 0.816. The number of carbonyl (C=O) groups is 1. The summed E-state index contributed by atoms with van der Waals surface area (Å²) in [6.07, 6.45) is 3.99. The van der Waals surface area contributed by atoms with Crippen molar-refractivity contribution in [2.75, 3.05) is 13.1 Å². The Kier molecular flexibility index (Phi) is 4.12. The van der Waals surface area contributed by atoms with Crippen molar-refractivity contribution in [2.45, 2.75) is 39.2 Å². The number of likely N-dealkylation sites (tertiary alicyclic amines) is 1. The molecule has 0 bridgehead atoms. The molecule has 1 fully saturated rings. The van der Waals surface area contributed by atoms with Crippen molar-refractivity contribution in [1.29, 1.82) is 0 Å². The highest BCUT2D eigenvalue weighted by atomic mass is 16.5. The predicted octanol–water partition coefficient (Wildman–Crippen LogP) is 1.56. The van der Waals surface area contributed by atoms with Crippen LogP contribution >= 0.6 is 0 Å². The first kappa shape index (κ1) is 12.8. The number of nitrogens with zero attached hydrogens (tertiary/aromatic N) is 3. The SMILES string of the molecule is CCC(=O)N1CCC(Oc2cc(C)ncn2)CC1. The van der Waals surface area contributed by atoms with Crippen molar-refractivity contribution in [2.24, 2.45) is 0 Å². The third kappa shape index (κ3) is 3.18. The van der Waals surface area contributed by atoms with Crippen LogP contribution in [0.4, 0.5) is 0 Å². The highest BCUT2D eigenvalue weighted by Crippen LogP contribution is 2.17. The van der Waals surface area contributed by atoms with E-state index in [1.54, 1.807) is 0 Å². The standard InChI is InChI=1S/C13H19N3O2/c1-3-13(17)16-6-4-11(5-7-16)18-12-8-10(2)14-9-15-12/h8-9,11H,3-7H2,1-2H3. The van der Waals surface area contributed by atoms with Gasteiger partial charge in [0.2, 0.25) is 11.8 Å². The van der Waals surface area contributed by atoms with Gasteiger partial charge in [0, 0.05) is 44.1 Å². The Morgan fingerprint density at radius 2 is 2.17 bits per heavy atom. The molecule has 2 heterocycles. The molecule has 5 heteroatoms. The lowest BCUT2D eigenvalue weighted by Crippen LogP contribution is -2.41. The molecular weight excluding hydrogens is 230 g/mol. The average molecular weight is 249 g/mol. The van der Waals surface area contributed by atoms with E-state index < -0.39 is 0 Å². The minimum atomic E-state index is 0.153. The summed E-state index contributed by atoms with van der Waals surface area (Å²) in [6.45, 7) is 5.37. The van der Waals surface area contributed by atoms with Crippen molar-refractivity contribution < 1.29 is 9.53 Å². The summed E-state index contributed by atoms with van der Waals surface area (Å²) in [7, 11) is 0. The Morgan fingerprint density at radius 3 is 2.78 bits per heavy atom. The largest absolute Gasteiger partial charge is 0.474 e. The van der Waals surface area contributed by atoms with E-state index in [0.717, 1.165) is 31.6 Å². The summed E-state index contributed by atoms with van der Waals surface area (Å²) in [6, 6.07) is 1.84. The van der Waals surface area contributed by atoms with Crippen molar-refractivity contribution >= 4 is 5.91 Å². The van der Waals surface area contributed by atoms with Gasteiger partial charge in [0.05, 0.1) is 0 Å². The molecule has 0 N–H and O–H groups in total. The number of hydrogen-bond donors (Lipinski definition) is 0. The van der Waals surface area contributed by atoms with Crippen molar-refractivity contribution in [1.82, 2.24) is 14.9 Å². The molecule has 1 amide bonds. The predicted molar refractivity (Wildman–Crippen MR) is 67.3 cm³/mol. The molecule has 2 rings (SSSR count). The van der Waals surface area contributed by atoms with E-state index >= 15 is 0 Å². The zero-order valence-corrected chi connectivity index (χ0v) is 10.9. The van der Waals surface area contributed by atoms with Gasteiger partial charge in [0.25, 0.3) is 0 Å². The van der Waals surface area contributed by atoms with Gasteiger partial charge >= 0.3 is 0 Å². The molecule has 1 aliphatic heterocycles. The van der Waals surface area contributed by atoms with Crippen LogP contribution in [0.1, 0.15) is 31.9 Å². The van der Waals surface area contributed by atoms with Crippen LogP contribution in [0.5, 0.6) is 5.88 Å². The van der Waals surface area contributed by atoms with Crippen LogP contribution in [0.2, 0.25) is 0 Å². The average Bonchev–Trinajstić information content (AvgIpc) is 2.39. The summed E-state index contributed by atoms with van der Waals surface area (Å²) in [5.41, 5.74) is 0.901. The van der Waals surface area contributed by atoms with Gasteiger partial charge < -0.3 is 9.64 Å². The maximum absolute atomic E-state index is 11.5. The van der Waals surface area contributed by atoms with Crippen LogP contribution in [0.25, 0.3) is 0 Å². The lowest BCUT2D eigenvalue weighted by molar-refractivity contribution is -0.132. The van der Waals surface area contributed by atoms with E-state index in [1.807, 2.05) is 24.8 Å². The molecule has 1 aromatic heterocycles. The number of aryl methyl sites for hydroxylation is 1. The molecule has 1 aliphatic rings. The zero-order valence-electron chi connectivity index (χ0n) is 10.9. The molecule has 98 valence electrons. The summed E-state index contributed by atoms with van der Waals surface area (Å²) >= 11 is 0. The van der Waals surface area contributed by atoms with E-state index in [2.05, 4.69) is 9.97 Å². The van der Waals surface area contributed by atoms with Gasteiger partial charge in [-0.1, -0.05) is 6.92 Å². The van der Waals surface area contributed by atoms with E-state index in [-0.39, 0.29) is 12.0 Å². The number of ether oxygens (including phenoxy) is 1. The van der Waals surface area contributed by atoms with Crippen LogP contribution in [-0.2, 0) is 4.79 Å². The smallest absolute Gasteiger partial charge is 0.222 e. The normalized spacial score (nSPS) is 16.7. The summed E-state index contributed by atoms with van der Waals surface area (Å²) in [4.78, 5) is 21.6. The number of rotatable bonds is 3. The lowest BCUT2D eigenvalue weighted by atomic mass is 10.1. The van der Waals surface area contributed by atoms with Crippen LogP contribution in [0.3, 0.4) is 0 Å². The van der Waals surface area contributed by atoms with E-state index in [9.17, 15) is 4.79 Å². The molecule has 0 unspecified atom stereocenters. The van der Waals surface area contributed by atoms with Crippen LogP contribution < -0.4 is 4.74 Å². The second kappa shape index (κ2) is 5.80. The Labute approximate surface area is 107 Å². The highest BCUT2D eigenvalue weighted by Gasteiger charge is 2.23. The summed E-state index contributed by atoms with van der Waals surface area (Å²) in [5.74, 6) is 0.856. The highest BCUT2D eigenvalue weighted by molar-refractivity contribution is 5.75. The second-order valence-electron chi connectivity index (χ2n) is 4.55. The number of aromatic nitrogens is 2. The lowest BCUT2D eigenvalue weighted by Gasteiger charge is -2.31. The fraction of sp³-hybridized carbons (Fsp3) is 0.615. The minimum Gasteiger partial charge on any atom is -0.474 e. The van der Waals surface area contributed by atoms with Gasteiger partial charge in [-0.2, -0.15) is 0 Å². The molecular formula is C13H19N3O2. The minimum absolute atomic E-state index is 0.153. The molecule has 0 saturated carbocycles. The molecule has 18 heavy (non-hydrogen) atoms. The fourth-order valence-electron chi connectivity index (χ4n) is 2.11. The fourth-order valence-corrected chi connectivity index (χ4v) is 2.11. The van der Waals surface area contributed by atoms with Crippen LogP contribution in [-0.4, -0.2) is 40.0 Å². The molecule has 0 spiro atoms. The number of carbonyl (C=O) groups excluding carboxylic acids is 1. The first-order chi connectivity index (χ1) is 8.69. The molecule has 0 atom stereocenters. The number of hydrogen-bond acceptors (Lipinski definition) is 4. The summed E-state index contributed by atoms with van der Waals surface area (Å²) < 4.78 is 5.81. The van der Waals surface area contributed by atoms with Gasteiger partial charge in [0.1, 0.15) is 12.4 Å². The topological polar surface area (TPSA) is 55.3 Å². The van der Waals surface area contributed by atoms with Gasteiger partial charge in [0.15, 0.2) is 0 Å². The first-order valence-electron chi connectivity index (χ1n) is 6.42. The van der Waals surface area contributed by atoms with Crippen LogP contribution in [0, 0.1) is 6.92 Å². The van der Waals surface area contributed by atoms with E-state index in [0.29, 0.717) is 12.3 Å². The third-order valence-electron chi connectivity index (χ3n) is 3.16. The number of amides is 1. The summed E-state index contributed by atoms with van der Waals surface area (Å²) in [5, 5.41) is 0. The van der Waals surface area contributed by atoms with Crippen molar-refractivity contribution in [3.8, 4) is 5.88 Å². The van der Waals surface area contributed by atoms with Gasteiger partial charge in [-0.3, -0.25) is 4.79 Å². The molecule has 1 saturated heterocycles. The molecule has 5 nitrogen and oxygen atoms in total. The maximum Gasteiger partial charge on any atom is 0.222 e. The molecule has 1 aromatic rings.